The number of carboxylic acids is 1. The van der Waals surface area contributed by atoms with Crippen LogP contribution in [0.1, 0.15) is 39.5 Å². The fourth-order valence-corrected chi connectivity index (χ4v) is 3.39. The number of carboxylic acid groups (broad SMARTS) is 1. The van der Waals surface area contributed by atoms with E-state index in [0.29, 0.717) is 25.7 Å². The molecular weight excluding hydrogens is 244 g/mol. The predicted octanol–water partition coefficient (Wildman–Crippen LogP) is 0.462. The quantitative estimate of drug-likeness (QED) is 0.672. The van der Waals surface area contributed by atoms with Crippen LogP contribution in [0.15, 0.2) is 0 Å². The Balaban J connectivity index is 2.43. The predicted molar refractivity (Wildman–Crippen MR) is 63.7 cm³/mol. The zero-order chi connectivity index (χ0) is 13.1. The normalized spacial score (nSPS) is 26.1. The van der Waals surface area contributed by atoms with E-state index in [4.69, 9.17) is 5.11 Å². The van der Waals surface area contributed by atoms with Crippen LogP contribution in [0.3, 0.4) is 0 Å². The maximum atomic E-state index is 11.6. The molecule has 0 bridgehead atoms. The molecule has 1 saturated carbocycles. The third kappa shape index (κ3) is 5.01. The van der Waals surface area contributed by atoms with E-state index in [1.165, 1.54) is 0 Å². The highest BCUT2D eigenvalue weighted by molar-refractivity contribution is 7.87. The Morgan fingerprint density at radius 3 is 2.18 bits per heavy atom. The van der Waals surface area contributed by atoms with Gasteiger partial charge < -0.3 is 5.11 Å². The Hall–Kier alpha value is -0.660. The summed E-state index contributed by atoms with van der Waals surface area (Å²) in [5.41, 5.74) is 0. The lowest BCUT2D eigenvalue weighted by molar-refractivity contribution is -0.142. The smallest absolute Gasteiger partial charge is 0.306 e. The second-order valence-corrected chi connectivity index (χ2v) is 6.26. The summed E-state index contributed by atoms with van der Waals surface area (Å²) in [6.45, 7) is 3.50. The number of hydrogen-bond donors (Lipinski definition) is 3. The molecule has 0 radical (unpaired) electrons. The molecule has 100 valence electrons. The molecule has 7 heteroatoms. The van der Waals surface area contributed by atoms with Crippen molar-refractivity contribution in [2.75, 3.05) is 0 Å². The van der Waals surface area contributed by atoms with Crippen molar-refractivity contribution in [3.63, 3.8) is 0 Å². The Kier molecular flexibility index (Phi) is 4.91. The first-order valence-electron chi connectivity index (χ1n) is 5.82. The Morgan fingerprint density at radius 2 is 1.76 bits per heavy atom. The van der Waals surface area contributed by atoms with Crippen molar-refractivity contribution in [3.05, 3.63) is 0 Å². The maximum Gasteiger partial charge on any atom is 0.306 e. The number of aliphatic carboxylic acids is 1. The monoisotopic (exact) mass is 264 g/mol. The molecule has 0 saturated heterocycles. The van der Waals surface area contributed by atoms with Crippen LogP contribution in [0.25, 0.3) is 0 Å². The lowest BCUT2D eigenvalue weighted by atomic mass is 9.87. The van der Waals surface area contributed by atoms with E-state index in [2.05, 4.69) is 9.44 Å². The fourth-order valence-electron chi connectivity index (χ4n) is 2.02. The van der Waals surface area contributed by atoms with Gasteiger partial charge in [0.25, 0.3) is 10.2 Å². The minimum absolute atomic E-state index is 0.150. The second kappa shape index (κ2) is 5.79. The Bertz CT molecular complexity index is 359. The van der Waals surface area contributed by atoms with Crippen molar-refractivity contribution in [3.8, 4) is 0 Å². The molecule has 17 heavy (non-hydrogen) atoms. The van der Waals surface area contributed by atoms with Crippen molar-refractivity contribution < 1.29 is 18.3 Å². The summed E-state index contributed by atoms with van der Waals surface area (Å²) < 4.78 is 28.2. The number of carbonyl (C=O) groups is 1. The van der Waals surface area contributed by atoms with Gasteiger partial charge in [0.05, 0.1) is 5.92 Å². The zero-order valence-electron chi connectivity index (χ0n) is 10.1. The SMILES string of the molecule is CC(C)NS(=O)(=O)NC1CCC(C(=O)O)CC1. The van der Waals surface area contributed by atoms with Gasteiger partial charge in [0, 0.05) is 12.1 Å². The summed E-state index contributed by atoms with van der Waals surface area (Å²) in [7, 11) is -3.47. The maximum absolute atomic E-state index is 11.6. The molecular formula is C10H20N2O4S. The molecule has 0 aliphatic heterocycles. The first-order chi connectivity index (χ1) is 7.80. The average molecular weight is 264 g/mol. The van der Waals surface area contributed by atoms with Crippen molar-refractivity contribution in [1.29, 1.82) is 0 Å². The van der Waals surface area contributed by atoms with Gasteiger partial charge in [-0.2, -0.15) is 17.9 Å². The van der Waals surface area contributed by atoms with Crippen LogP contribution in [0.4, 0.5) is 0 Å². The lowest BCUT2D eigenvalue weighted by Crippen LogP contribution is -2.46. The van der Waals surface area contributed by atoms with Crippen molar-refractivity contribution >= 4 is 16.2 Å². The van der Waals surface area contributed by atoms with E-state index < -0.39 is 16.2 Å². The topological polar surface area (TPSA) is 95.5 Å². The molecule has 1 rings (SSSR count). The molecule has 3 N–H and O–H groups in total. The van der Waals surface area contributed by atoms with E-state index in [1.54, 1.807) is 13.8 Å². The van der Waals surface area contributed by atoms with E-state index in [1.807, 2.05) is 0 Å². The van der Waals surface area contributed by atoms with Gasteiger partial charge in [-0.1, -0.05) is 0 Å². The zero-order valence-corrected chi connectivity index (χ0v) is 11.0. The van der Waals surface area contributed by atoms with Gasteiger partial charge in [-0.05, 0) is 39.5 Å². The number of nitrogens with one attached hydrogen (secondary N) is 2. The minimum atomic E-state index is -3.47. The molecule has 0 heterocycles. The molecule has 6 nitrogen and oxygen atoms in total. The standard InChI is InChI=1S/C10H20N2O4S/c1-7(2)11-17(15,16)12-9-5-3-8(4-6-9)10(13)14/h7-9,11-12H,3-6H2,1-2H3,(H,13,14). The summed E-state index contributed by atoms with van der Waals surface area (Å²) >= 11 is 0. The second-order valence-electron chi connectivity index (χ2n) is 4.78. The van der Waals surface area contributed by atoms with Crippen molar-refractivity contribution in [2.45, 2.75) is 51.6 Å². The Morgan fingerprint density at radius 1 is 1.24 bits per heavy atom. The first kappa shape index (κ1) is 14.4. The summed E-state index contributed by atoms with van der Waals surface area (Å²) in [5, 5.41) is 8.83. The van der Waals surface area contributed by atoms with E-state index in [9.17, 15) is 13.2 Å². The summed E-state index contributed by atoms with van der Waals surface area (Å²) in [5.74, 6) is -1.11. The molecule has 0 amide bonds. The summed E-state index contributed by atoms with van der Waals surface area (Å²) in [6.07, 6.45) is 2.22. The van der Waals surface area contributed by atoms with Gasteiger partial charge in [-0.3, -0.25) is 4.79 Å². The van der Waals surface area contributed by atoms with Gasteiger partial charge >= 0.3 is 5.97 Å². The highest BCUT2D eigenvalue weighted by Gasteiger charge is 2.28. The van der Waals surface area contributed by atoms with E-state index >= 15 is 0 Å². The number of rotatable bonds is 5. The average Bonchev–Trinajstić information content (AvgIpc) is 2.15. The van der Waals surface area contributed by atoms with Gasteiger partial charge in [0.1, 0.15) is 0 Å². The lowest BCUT2D eigenvalue weighted by Gasteiger charge is -2.26. The molecule has 0 aromatic heterocycles. The van der Waals surface area contributed by atoms with Crippen molar-refractivity contribution in [1.82, 2.24) is 9.44 Å². The van der Waals surface area contributed by atoms with Crippen LogP contribution >= 0.6 is 0 Å². The largest absolute Gasteiger partial charge is 0.481 e. The Labute approximate surface area is 102 Å². The summed E-state index contributed by atoms with van der Waals surface area (Å²) in [4.78, 5) is 10.7. The first-order valence-corrected chi connectivity index (χ1v) is 7.31. The summed E-state index contributed by atoms with van der Waals surface area (Å²) in [6, 6.07) is -0.301. The molecule has 0 spiro atoms. The molecule has 1 fully saturated rings. The van der Waals surface area contributed by atoms with Crippen molar-refractivity contribution in [2.24, 2.45) is 5.92 Å². The van der Waals surface area contributed by atoms with Crippen LogP contribution in [-0.2, 0) is 15.0 Å². The third-order valence-electron chi connectivity index (χ3n) is 2.79. The van der Waals surface area contributed by atoms with Gasteiger partial charge in [0.2, 0.25) is 0 Å². The minimum Gasteiger partial charge on any atom is -0.481 e. The molecule has 0 aromatic carbocycles. The fraction of sp³-hybridized carbons (Fsp3) is 0.900. The van der Waals surface area contributed by atoms with E-state index in [0.717, 1.165) is 0 Å². The molecule has 0 unspecified atom stereocenters. The van der Waals surface area contributed by atoms with Crippen LogP contribution in [0.2, 0.25) is 0 Å². The van der Waals surface area contributed by atoms with Crippen LogP contribution in [-0.4, -0.2) is 31.6 Å². The third-order valence-corrected chi connectivity index (χ3v) is 4.21. The van der Waals surface area contributed by atoms with Crippen LogP contribution in [0.5, 0.6) is 0 Å². The van der Waals surface area contributed by atoms with Crippen LogP contribution < -0.4 is 9.44 Å². The number of hydrogen-bond acceptors (Lipinski definition) is 3. The highest BCUT2D eigenvalue weighted by Crippen LogP contribution is 2.24. The van der Waals surface area contributed by atoms with Gasteiger partial charge in [-0.15, -0.1) is 0 Å². The van der Waals surface area contributed by atoms with E-state index in [-0.39, 0.29) is 18.0 Å². The van der Waals surface area contributed by atoms with Gasteiger partial charge in [0.15, 0.2) is 0 Å². The molecule has 1 aliphatic rings. The van der Waals surface area contributed by atoms with Gasteiger partial charge in [-0.25, -0.2) is 0 Å². The van der Waals surface area contributed by atoms with Crippen LogP contribution in [0, 0.1) is 5.92 Å². The molecule has 0 atom stereocenters. The highest BCUT2D eigenvalue weighted by atomic mass is 32.2. The molecule has 1 aliphatic carbocycles. The molecule has 0 aromatic rings.